The van der Waals surface area contributed by atoms with Gasteiger partial charge in [0.15, 0.2) is 11.6 Å². The largest absolute Gasteiger partial charge is 0.369 e. The average molecular weight is 447 g/mol. The summed E-state index contributed by atoms with van der Waals surface area (Å²) in [4.78, 5) is 23.2. The first-order valence-corrected chi connectivity index (χ1v) is 10.2. The molecule has 1 spiro atoms. The first-order chi connectivity index (χ1) is 14.8. The van der Waals surface area contributed by atoms with Crippen molar-refractivity contribution in [1.29, 1.82) is 0 Å². The normalized spacial score (nSPS) is 17.8. The summed E-state index contributed by atoms with van der Waals surface area (Å²) in [6.45, 7) is 0. The van der Waals surface area contributed by atoms with Crippen molar-refractivity contribution >= 4 is 40.8 Å². The van der Waals surface area contributed by atoms with Gasteiger partial charge < -0.3 is 16.8 Å². The SMILES string of the molecule is NC1=NC2(CCCCC2)N(c2cccc(NC(=O)c3cc(F)c(F)cc3Cl)c2)C(N)=N1. The molecule has 0 saturated heterocycles. The van der Waals surface area contributed by atoms with Crippen LogP contribution < -0.4 is 21.7 Å². The van der Waals surface area contributed by atoms with Crippen LogP contribution in [-0.2, 0) is 0 Å². The minimum Gasteiger partial charge on any atom is -0.369 e. The van der Waals surface area contributed by atoms with Gasteiger partial charge in [-0.1, -0.05) is 24.1 Å². The molecule has 7 nitrogen and oxygen atoms in total. The zero-order chi connectivity index (χ0) is 22.2. The Bertz CT molecular complexity index is 1100. The minimum absolute atomic E-state index is 0.146. The van der Waals surface area contributed by atoms with Gasteiger partial charge in [0, 0.05) is 11.4 Å². The lowest BCUT2D eigenvalue weighted by molar-refractivity contribution is 0.102. The molecule has 1 aliphatic carbocycles. The molecule has 0 radical (unpaired) electrons. The minimum atomic E-state index is -1.16. The van der Waals surface area contributed by atoms with Gasteiger partial charge in [0.25, 0.3) is 5.91 Å². The summed E-state index contributed by atoms with van der Waals surface area (Å²) in [5.41, 5.74) is 12.4. The second-order valence-electron chi connectivity index (χ2n) is 7.57. The maximum absolute atomic E-state index is 13.6. The Hall–Kier alpha value is -3.20. The number of carbonyl (C=O) groups is 1. The molecule has 1 aliphatic heterocycles. The Morgan fingerprint density at radius 1 is 1.10 bits per heavy atom. The molecule has 0 aromatic heterocycles. The number of nitrogens with two attached hydrogens (primary N) is 2. The third kappa shape index (κ3) is 4.05. The molecule has 1 fully saturated rings. The molecule has 2 aromatic carbocycles. The van der Waals surface area contributed by atoms with Gasteiger partial charge in [0.1, 0.15) is 5.66 Å². The molecule has 10 heteroatoms. The summed E-state index contributed by atoms with van der Waals surface area (Å²) in [5.74, 6) is -2.58. The quantitative estimate of drug-likeness (QED) is 0.619. The van der Waals surface area contributed by atoms with Gasteiger partial charge in [-0.25, -0.2) is 13.8 Å². The van der Waals surface area contributed by atoms with Crippen LogP contribution in [-0.4, -0.2) is 23.5 Å². The molecule has 5 N–H and O–H groups in total. The van der Waals surface area contributed by atoms with Crippen molar-refractivity contribution in [1.82, 2.24) is 0 Å². The highest BCUT2D eigenvalue weighted by Gasteiger charge is 2.42. The summed E-state index contributed by atoms with van der Waals surface area (Å²) < 4.78 is 26.9. The second-order valence-corrected chi connectivity index (χ2v) is 7.98. The zero-order valence-electron chi connectivity index (χ0n) is 16.5. The summed E-state index contributed by atoms with van der Waals surface area (Å²) in [6, 6.07) is 8.47. The van der Waals surface area contributed by atoms with E-state index >= 15 is 0 Å². The molecule has 0 atom stereocenters. The van der Waals surface area contributed by atoms with Crippen molar-refractivity contribution in [2.45, 2.75) is 37.8 Å². The smallest absolute Gasteiger partial charge is 0.257 e. The van der Waals surface area contributed by atoms with Crippen molar-refractivity contribution in [2.75, 3.05) is 10.2 Å². The number of hydrogen-bond donors (Lipinski definition) is 3. The van der Waals surface area contributed by atoms with E-state index < -0.39 is 23.2 Å². The van der Waals surface area contributed by atoms with Gasteiger partial charge in [-0.3, -0.25) is 9.69 Å². The lowest BCUT2D eigenvalue weighted by Crippen LogP contribution is -2.58. The van der Waals surface area contributed by atoms with Crippen molar-refractivity contribution in [3.63, 3.8) is 0 Å². The number of amides is 1. The lowest BCUT2D eigenvalue weighted by atomic mass is 9.87. The van der Waals surface area contributed by atoms with E-state index in [-0.39, 0.29) is 22.5 Å². The zero-order valence-corrected chi connectivity index (χ0v) is 17.3. The van der Waals surface area contributed by atoms with Gasteiger partial charge in [0.05, 0.1) is 10.6 Å². The molecule has 0 unspecified atom stereocenters. The number of nitrogens with zero attached hydrogens (tertiary/aromatic N) is 3. The van der Waals surface area contributed by atoms with Crippen molar-refractivity contribution in [3.05, 3.63) is 58.6 Å². The number of benzene rings is 2. The highest BCUT2D eigenvalue weighted by Crippen LogP contribution is 2.40. The summed E-state index contributed by atoms with van der Waals surface area (Å²) in [7, 11) is 0. The number of halogens is 3. The predicted octanol–water partition coefficient (Wildman–Crippen LogP) is 3.98. The van der Waals surface area contributed by atoms with Crippen LogP contribution in [0.15, 0.2) is 46.4 Å². The number of hydrogen-bond acceptors (Lipinski definition) is 6. The van der Waals surface area contributed by atoms with Crippen LogP contribution >= 0.6 is 11.6 Å². The Morgan fingerprint density at radius 3 is 2.55 bits per heavy atom. The molecule has 1 heterocycles. The van der Waals surface area contributed by atoms with Crippen molar-refractivity contribution in [3.8, 4) is 0 Å². The highest BCUT2D eigenvalue weighted by atomic mass is 35.5. The van der Waals surface area contributed by atoms with Crippen LogP contribution in [0.5, 0.6) is 0 Å². The van der Waals surface area contributed by atoms with Crippen LogP contribution in [0.4, 0.5) is 20.2 Å². The van der Waals surface area contributed by atoms with E-state index in [1.807, 2.05) is 11.0 Å². The standard InChI is InChI=1S/C21H21ClF2N6O/c22-15-11-17(24)16(23)10-14(15)18(31)27-12-5-4-6-13(9-12)30-20(26)28-19(25)29-21(30)7-2-1-3-8-21/h4-6,9-11H,1-3,7-8H2,(H,27,31)(H4,25,26,28,29). The molecular formula is C21H21ClF2N6O. The van der Waals surface area contributed by atoms with Crippen LogP contribution in [0.1, 0.15) is 42.5 Å². The molecular weight excluding hydrogens is 426 g/mol. The lowest BCUT2D eigenvalue weighted by Gasteiger charge is -2.45. The number of guanidine groups is 2. The molecule has 0 bridgehead atoms. The number of aliphatic imine (C=N–C) groups is 2. The van der Waals surface area contributed by atoms with E-state index in [4.69, 9.17) is 23.1 Å². The highest BCUT2D eigenvalue weighted by molar-refractivity contribution is 6.34. The van der Waals surface area contributed by atoms with Crippen molar-refractivity contribution in [2.24, 2.45) is 21.5 Å². The number of carbonyl (C=O) groups excluding carboxylic acids is 1. The monoisotopic (exact) mass is 446 g/mol. The summed E-state index contributed by atoms with van der Waals surface area (Å²) >= 11 is 5.91. The van der Waals surface area contributed by atoms with Crippen LogP contribution in [0, 0.1) is 11.6 Å². The van der Waals surface area contributed by atoms with Gasteiger partial charge in [-0.15, -0.1) is 0 Å². The van der Waals surface area contributed by atoms with Crippen LogP contribution in [0.2, 0.25) is 5.02 Å². The summed E-state index contributed by atoms with van der Waals surface area (Å²) in [6.07, 6.45) is 4.60. The van der Waals surface area contributed by atoms with Crippen molar-refractivity contribution < 1.29 is 13.6 Å². The van der Waals surface area contributed by atoms with Gasteiger partial charge >= 0.3 is 0 Å². The van der Waals surface area contributed by atoms with Gasteiger partial charge in [-0.05, 0) is 56.0 Å². The molecule has 2 aromatic rings. The van der Waals surface area contributed by atoms with Gasteiger partial charge in [-0.2, -0.15) is 4.99 Å². The molecule has 1 saturated carbocycles. The molecule has 2 aliphatic rings. The number of rotatable bonds is 3. The first kappa shape index (κ1) is 21.0. The molecule has 1 amide bonds. The third-order valence-corrected chi connectivity index (χ3v) is 5.78. The van der Waals surface area contributed by atoms with Crippen LogP contribution in [0.25, 0.3) is 0 Å². The van der Waals surface area contributed by atoms with E-state index in [0.717, 1.165) is 44.2 Å². The Balaban J connectivity index is 1.64. The number of nitrogens with one attached hydrogen (secondary N) is 1. The van der Waals surface area contributed by atoms with E-state index in [2.05, 4.69) is 15.3 Å². The average Bonchev–Trinajstić information content (AvgIpc) is 2.71. The third-order valence-electron chi connectivity index (χ3n) is 5.47. The fourth-order valence-electron chi connectivity index (χ4n) is 4.11. The molecule has 31 heavy (non-hydrogen) atoms. The fraction of sp³-hybridized carbons (Fsp3) is 0.286. The van der Waals surface area contributed by atoms with Crippen LogP contribution in [0.3, 0.4) is 0 Å². The molecule has 4 rings (SSSR count). The molecule has 162 valence electrons. The maximum atomic E-state index is 13.6. The van der Waals surface area contributed by atoms with Gasteiger partial charge in [0.2, 0.25) is 11.9 Å². The maximum Gasteiger partial charge on any atom is 0.257 e. The number of anilines is 2. The fourth-order valence-corrected chi connectivity index (χ4v) is 4.35. The Morgan fingerprint density at radius 2 is 1.81 bits per heavy atom. The van der Waals surface area contributed by atoms with E-state index in [1.165, 1.54) is 0 Å². The predicted molar refractivity (Wildman–Crippen MR) is 117 cm³/mol. The Labute approximate surface area is 182 Å². The second kappa shape index (κ2) is 8.14. The van der Waals surface area contributed by atoms with E-state index in [1.54, 1.807) is 18.2 Å². The first-order valence-electron chi connectivity index (χ1n) is 9.85. The van der Waals surface area contributed by atoms with E-state index in [0.29, 0.717) is 11.4 Å². The topological polar surface area (TPSA) is 109 Å². The van der Waals surface area contributed by atoms with E-state index in [9.17, 15) is 13.6 Å². The Kier molecular flexibility index (Phi) is 5.53. The summed E-state index contributed by atoms with van der Waals surface area (Å²) in [5, 5.41) is 2.47.